The van der Waals surface area contributed by atoms with Crippen molar-refractivity contribution < 1.29 is 14.0 Å². The Morgan fingerprint density at radius 1 is 1.21 bits per heavy atom. The zero-order valence-corrected chi connectivity index (χ0v) is 20.1. The molecule has 0 fully saturated rings. The number of hydrogen-bond donors (Lipinski definition) is 1. The van der Waals surface area contributed by atoms with E-state index in [9.17, 15) is 14.4 Å². The van der Waals surface area contributed by atoms with E-state index in [1.807, 2.05) is 30.3 Å². The van der Waals surface area contributed by atoms with Crippen LogP contribution in [0.1, 0.15) is 23.1 Å². The molecule has 0 aliphatic carbocycles. The molecule has 1 aromatic carbocycles. The number of hydrogen-bond acceptors (Lipinski definition) is 7. The van der Waals surface area contributed by atoms with E-state index >= 15 is 0 Å². The number of para-hydroxylation sites is 1. The summed E-state index contributed by atoms with van der Waals surface area (Å²) < 4.78 is 6.83. The largest absolute Gasteiger partial charge is 0.467 e. The fourth-order valence-electron chi connectivity index (χ4n) is 3.97. The Morgan fingerprint density at radius 2 is 2.03 bits per heavy atom. The van der Waals surface area contributed by atoms with Gasteiger partial charge in [0.25, 0.3) is 5.56 Å². The minimum atomic E-state index is -0.182. The molecule has 4 heterocycles. The monoisotopic (exact) mass is 494 g/mol. The first-order valence-electron chi connectivity index (χ1n) is 10.8. The molecule has 1 N–H and O–H groups in total. The highest BCUT2D eigenvalue weighted by Crippen LogP contribution is 2.34. The molecule has 2 amide bonds. The standard InChI is InChI=1S/C24H22N4O4S2/c1-15(29)27-10-9-18-19(13-27)34-22-21(18)23(31)28(16-6-3-2-4-7-16)24(26-22)33-14-20(30)25-12-17-8-5-11-32-17/h2-8,11H,9-10,12-14H2,1H3,(H,25,30). The second-order valence-electron chi connectivity index (χ2n) is 7.89. The lowest BCUT2D eigenvalue weighted by atomic mass is 10.1. The lowest BCUT2D eigenvalue weighted by molar-refractivity contribution is -0.129. The van der Waals surface area contributed by atoms with Gasteiger partial charge in [-0.3, -0.25) is 19.0 Å². The van der Waals surface area contributed by atoms with E-state index in [4.69, 9.17) is 9.40 Å². The van der Waals surface area contributed by atoms with Crippen molar-refractivity contribution >= 4 is 45.1 Å². The van der Waals surface area contributed by atoms with Crippen molar-refractivity contribution in [2.45, 2.75) is 31.6 Å². The molecule has 1 aliphatic heterocycles. The van der Waals surface area contributed by atoms with Gasteiger partial charge in [-0.1, -0.05) is 30.0 Å². The summed E-state index contributed by atoms with van der Waals surface area (Å²) in [6.45, 7) is 2.94. The number of carbonyl (C=O) groups excluding carboxylic acids is 2. The highest BCUT2D eigenvalue weighted by Gasteiger charge is 2.26. The lowest BCUT2D eigenvalue weighted by Gasteiger charge is -2.25. The van der Waals surface area contributed by atoms with Crippen LogP contribution in [0, 0.1) is 0 Å². The summed E-state index contributed by atoms with van der Waals surface area (Å²) in [7, 11) is 0. The van der Waals surface area contributed by atoms with E-state index in [1.165, 1.54) is 23.1 Å². The van der Waals surface area contributed by atoms with E-state index < -0.39 is 0 Å². The second-order valence-corrected chi connectivity index (χ2v) is 9.92. The van der Waals surface area contributed by atoms with Gasteiger partial charge in [-0.15, -0.1) is 11.3 Å². The van der Waals surface area contributed by atoms with Crippen LogP contribution in [0.25, 0.3) is 15.9 Å². The number of aromatic nitrogens is 2. The van der Waals surface area contributed by atoms with Crippen molar-refractivity contribution in [2.75, 3.05) is 12.3 Å². The van der Waals surface area contributed by atoms with Crippen molar-refractivity contribution in [2.24, 2.45) is 0 Å². The molecule has 1 aliphatic rings. The third kappa shape index (κ3) is 4.38. The molecule has 0 saturated carbocycles. The van der Waals surface area contributed by atoms with Crippen LogP contribution < -0.4 is 10.9 Å². The van der Waals surface area contributed by atoms with E-state index in [-0.39, 0.29) is 23.1 Å². The number of nitrogens with one attached hydrogen (secondary N) is 1. The predicted molar refractivity (Wildman–Crippen MR) is 131 cm³/mol. The second kappa shape index (κ2) is 9.47. The van der Waals surface area contributed by atoms with Gasteiger partial charge in [-0.2, -0.15) is 0 Å². The number of amides is 2. The fraction of sp³-hybridized carbons (Fsp3) is 0.250. The molecule has 0 bridgehead atoms. The molecule has 4 aromatic rings. The molecule has 174 valence electrons. The molecule has 5 rings (SSSR count). The predicted octanol–water partition coefficient (Wildman–Crippen LogP) is 3.35. The molecular weight excluding hydrogens is 472 g/mol. The summed E-state index contributed by atoms with van der Waals surface area (Å²) in [5.41, 5.74) is 1.53. The average molecular weight is 495 g/mol. The third-order valence-corrected chi connectivity index (χ3v) is 7.72. The van der Waals surface area contributed by atoms with Gasteiger partial charge in [0.2, 0.25) is 11.8 Å². The van der Waals surface area contributed by atoms with Crippen LogP contribution in [0.2, 0.25) is 0 Å². The number of benzene rings is 1. The van der Waals surface area contributed by atoms with Crippen LogP contribution >= 0.6 is 23.1 Å². The van der Waals surface area contributed by atoms with Crippen molar-refractivity contribution in [3.8, 4) is 5.69 Å². The van der Waals surface area contributed by atoms with Crippen LogP contribution in [0.15, 0.2) is 63.1 Å². The normalized spacial score (nSPS) is 13.1. The molecule has 34 heavy (non-hydrogen) atoms. The number of furan rings is 1. The number of carbonyl (C=O) groups is 2. The Balaban J connectivity index is 1.49. The van der Waals surface area contributed by atoms with E-state index in [0.717, 1.165) is 10.4 Å². The van der Waals surface area contributed by atoms with E-state index in [1.54, 1.807) is 34.8 Å². The Morgan fingerprint density at radius 3 is 2.76 bits per heavy atom. The van der Waals surface area contributed by atoms with Crippen molar-refractivity contribution in [1.82, 2.24) is 19.8 Å². The number of rotatable bonds is 6. The topological polar surface area (TPSA) is 97.4 Å². The molecule has 0 spiro atoms. The molecule has 10 heteroatoms. The highest BCUT2D eigenvalue weighted by molar-refractivity contribution is 7.99. The Hall–Kier alpha value is -3.37. The molecule has 3 aromatic heterocycles. The van der Waals surface area contributed by atoms with Crippen molar-refractivity contribution in [3.05, 3.63) is 75.3 Å². The van der Waals surface area contributed by atoms with Gasteiger partial charge >= 0.3 is 0 Å². The number of fused-ring (bicyclic) bond motifs is 3. The van der Waals surface area contributed by atoms with Crippen LogP contribution in [-0.4, -0.2) is 38.6 Å². The first-order valence-corrected chi connectivity index (χ1v) is 12.6. The number of nitrogens with zero attached hydrogens (tertiary/aromatic N) is 3. The Labute approximate surface area is 203 Å². The summed E-state index contributed by atoms with van der Waals surface area (Å²) >= 11 is 2.67. The smallest absolute Gasteiger partial charge is 0.267 e. The maximum absolute atomic E-state index is 13.7. The minimum Gasteiger partial charge on any atom is -0.467 e. The number of thioether (sulfide) groups is 1. The fourth-order valence-corrected chi connectivity index (χ4v) is 6.09. The molecule has 0 saturated heterocycles. The zero-order chi connectivity index (χ0) is 23.7. The summed E-state index contributed by atoms with van der Waals surface area (Å²) in [6, 6.07) is 12.9. The molecule has 0 unspecified atom stereocenters. The van der Waals surface area contributed by atoms with Gasteiger partial charge in [0, 0.05) is 18.3 Å². The van der Waals surface area contributed by atoms with Gasteiger partial charge in [0.05, 0.1) is 36.2 Å². The van der Waals surface area contributed by atoms with E-state index in [2.05, 4.69) is 5.32 Å². The molecule has 0 atom stereocenters. The minimum absolute atomic E-state index is 0.0227. The van der Waals surface area contributed by atoms with Crippen LogP contribution in [0.5, 0.6) is 0 Å². The van der Waals surface area contributed by atoms with Crippen molar-refractivity contribution in [3.63, 3.8) is 0 Å². The quantitative estimate of drug-likeness (QED) is 0.326. The molecule has 8 nitrogen and oxygen atoms in total. The summed E-state index contributed by atoms with van der Waals surface area (Å²) in [4.78, 5) is 46.3. The maximum atomic E-state index is 13.7. The van der Waals surface area contributed by atoms with Gasteiger partial charge < -0.3 is 14.6 Å². The van der Waals surface area contributed by atoms with Crippen LogP contribution in [-0.2, 0) is 29.1 Å². The molecule has 0 radical (unpaired) electrons. The average Bonchev–Trinajstić information content (AvgIpc) is 3.49. The van der Waals surface area contributed by atoms with E-state index in [0.29, 0.717) is 52.9 Å². The molecular formula is C24H22N4O4S2. The zero-order valence-electron chi connectivity index (χ0n) is 18.4. The van der Waals surface area contributed by atoms with Crippen LogP contribution in [0.3, 0.4) is 0 Å². The summed E-state index contributed by atoms with van der Waals surface area (Å²) in [5.74, 6) is 0.615. The van der Waals surface area contributed by atoms with Crippen LogP contribution in [0.4, 0.5) is 0 Å². The number of thiophene rings is 1. The summed E-state index contributed by atoms with van der Waals surface area (Å²) in [6.07, 6.45) is 2.19. The summed E-state index contributed by atoms with van der Waals surface area (Å²) in [5, 5.41) is 3.89. The maximum Gasteiger partial charge on any atom is 0.267 e. The van der Waals surface area contributed by atoms with Gasteiger partial charge in [0.15, 0.2) is 5.16 Å². The Bertz CT molecular complexity index is 1410. The van der Waals surface area contributed by atoms with Crippen molar-refractivity contribution in [1.29, 1.82) is 0 Å². The Kier molecular flexibility index (Phi) is 6.25. The first-order chi connectivity index (χ1) is 16.5. The first kappa shape index (κ1) is 22.4. The van der Waals surface area contributed by atoms with Gasteiger partial charge in [-0.05, 0) is 36.2 Å². The third-order valence-electron chi connectivity index (χ3n) is 5.68. The highest BCUT2D eigenvalue weighted by atomic mass is 32.2. The van der Waals surface area contributed by atoms with Gasteiger partial charge in [0.1, 0.15) is 10.6 Å². The lowest BCUT2D eigenvalue weighted by Crippen LogP contribution is -2.34. The van der Waals surface area contributed by atoms with Gasteiger partial charge in [-0.25, -0.2) is 4.98 Å². The SMILES string of the molecule is CC(=O)N1CCc2c(sc3nc(SCC(=O)NCc4ccco4)n(-c4ccccc4)c(=O)c23)C1.